The van der Waals surface area contributed by atoms with E-state index in [2.05, 4.69) is 0 Å². The first-order chi connectivity index (χ1) is 10.3. The van der Waals surface area contributed by atoms with Gasteiger partial charge < -0.3 is 15.2 Å². The van der Waals surface area contributed by atoms with Gasteiger partial charge >= 0.3 is 12.1 Å². The minimum atomic E-state index is -4.45. The van der Waals surface area contributed by atoms with E-state index in [1.165, 1.54) is 12.1 Å². The molecule has 0 amide bonds. The summed E-state index contributed by atoms with van der Waals surface area (Å²) >= 11 is 0. The Labute approximate surface area is 126 Å². The molecule has 2 rings (SSSR count). The number of hydrogen-bond acceptors (Lipinski definition) is 4. The van der Waals surface area contributed by atoms with Crippen LogP contribution >= 0.6 is 0 Å². The monoisotopic (exact) mass is 317 g/mol. The molecule has 0 bridgehead atoms. The molecule has 0 unspecified atom stereocenters. The van der Waals surface area contributed by atoms with E-state index in [9.17, 15) is 18.0 Å². The van der Waals surface area contributed by atoms with Crippen LogP contribution in [-0.4, -0.2) is 25.4 Å². The quantitative estimate of drug-likeness (QED) is 0.669. The Balaban J connectivity index is 2.26. The summed E-state index contributed by atoms with van der Waals surface area (Å²) in [4.78, 5) is 12.2. The van der Waals surface area contributed by atoms with E-state index >= 15 is 0 Å². The molecule has 0 aromatic heterocycles. The number of carbonyl (C=O) groups excluding carboxylic acids is 1. The molecule has 22 heavy (non-hydrogen) atoms. The number of alkyl halides is 3. The minimum Gasteiger partial charge on any atom is -0.482 e. The molecule has 1 aromatic rings. The zero-order chi connectivity index (χ0) is 16.4. The molecule has 122 valence electrons. The van der Waals surface area contributed by atoms with Crippen molar-refractivity contribution in [1.29, 1.82) is 0 Å². The first kappa shape index (κ1) is 16.5. The predicted octanol–water partition coefficient (Wildman–Crippen LogP) is 3.19. The number of esters is 1. The topological polar surface area (TPSA) is 61.5 Å². The highest BCUT2D eigenvalue weighted by Gasteiger charge is 2.47. The zero-order valence-electron chi connectivity index (χ0n) is 12.2. The number of benzene rings is 1. The number of halogens is 3. The first-order valence-electron chi connectivity index (χ1n) is 7.05. The molecule has 7 heteroatoms. The third kappa shape index (κ3) is 3.28. The second-order valence-electron chi connectivity index (χ2n) is 5.31. The molecule has 0 heterocycles. The van der Waals surface area contributed by atoms with Gasteiger partial charge in [0.15, 0.2) is 6.61 Å². The van der Waals surface area contributed by atoms with Crippen molar-refractivity contribution in [3.63, 3.8) is 0 Å². The van der Waals surface area contributed by atoms with Gasteiger partial charge in [0.05, 0.1) is 17.7 Å². The Kier molecular flexibility index (Phi) is 4.53. The fraction of sp³-hybridized carbons (Fsp3) is 0.533. The van der Waals surface area contributed by atoms with Crippen LogP contribution < -0.4 is 10.5 Å². The molecule has 0 aliphatic heterocycles. The van der Waals surface area contributed by atoms with Gasteiger partial charge in [0.2, 0.25) is 0 Å². The summed E-state index contributed by atoms with van der Waals surface area (Å²) in [7, 11) is 0. The number of ether oxygens (including phenoxy) is 2. The average molecular weight is 317 g/mol. The van der Waals surface area contributed by atoms with Crippen LogP contribution in [0.3, 0.4) is 0 Å². The third-order valence-corrected chi connectivity index (χ3v) is 3.83. The molecular weight excluding hydrogens is 299 g/mol. The number of nitrogen functional groups attached to an aromatic ring is 1. The van der Waals surface area contributed by atoms with E-state index in [1.54, 1.807) is 13.0 Å². The normalized spacial score (nSPS) is 16.7. The van der Waals surface area contributed by atoms with Gasteiger partial charge in [-0.15, -0.1) is 0 Å². The van der Waals surface area contributed by atoms with Gasteiger partial charge in [0.25, 0.3) is 0 Å². The summed E-state index contributed by atoms with van der Waals surface area (Å²) in [5.41, 5.74) is 5.55. The fourth-order valence-electron chi connectivity index (χ4n) is 2.53. The van der Waals surface area contributed by atoms with Gasteiger partial charge in [-0.3, -0.25) is 4.79 Å². The van der Waals surface area contributed by atoms with E-state index < -0.39 is 18.2 Å². The van der Waals surface area contributed by atoms with E-state index in [1.807, 2.05) is 0 Å². The van der Waals surface area contributed by atoms with Crippen LogP contribution in [0.4, 0.5) is 18.9 Å². The SMILES string of the molecule is CCOC(=O)C1(c2ccc(N)c(OCC(F)(F)F)c2)CCC1. The second kappa shape index (κ2) is 6.06. The van der Waals surface area contributed by atoms with Crippen molar-refractivity contribution in [1.82, 2.24) is 0 Å². The van der Waals surface area contributed by atoms with Crippen molar-refractivity contribution in [2.24, 2.45) is 0 Å². The molecular formula is C15H18F3NO3. The molecule has 0 spiro atoms. The van der Waals surface area contributed by atoms with Crippen LogP contribution in [0, 0.1) is 0 Å². The molecule has 1 aliphatic rings. The van der Waals surface area contributed by atoms with Crippen molar-refractivity contribution in [2.75, 3.05) is 18.9 Å². The van der Waals surface area contributed by atoms with Crippen molar-refractivity contribution in [3.8, 4) is 5.75 Å². The summed E-state index contributed by atoms with van der Waals surface area (Å²) in [6, 6.07) is 4.52. The number of anilines is 1. The summed E-state index contributed by atoms with van der Waals surface area (Å²) < 4.78 is 46.7. The van der Waals surface area contributed by atoms with Crippen LogP contribution in [0.5, 0.6) is 5.75 Å². The van der Waals surface area contributed by atoms with E-state index in [-0.39, 0.29) is 24.0 Å². The second-order valence-corrected chi connectivity index (χ2v) is 5.31. The Morgan fingerprint density at radius 2 is 2.05 bits per heavy atom. The maximum absolute atomic E-state index is 12.3. The van der Waals surface area contributed by atoms with Crippen LogP contribution in [0.25, 0.3) is 0 Å². The van der Waals surface area contributed by atoms with Gasteiger partial charge in [0.1, 0.15) is 5.75 Å². The van der Waals surface area contributed by atoms with Gasteiger partial charge in [-0.05, 0) is 37.5 Å². The van der Waals surface area contributed by atoms with E-state index in [0.717, 1.165) is 6.42 Å². The summed E-state index contributed by atoms with van der Waals surface area (Å²) in [5.74, 6) is -0.418. The van der Waals surface area contributed by atoms with Gasteiger partial charge in [-0.2, -0.15) is 13.2 Å². The Bertz CT molecular complexity index is 553. The summed E-state index contributed by atoms with van der Waals surface area (Å²) in [5, 5.41) is 0. The highest BCUT2D eigenvalue weighted by atomic mass is 19.4. The Morgan fingerprint density at radius 1 is 1.36 bits per heavy atom. The number of nitrogens with two attached hydrogens (primary N) is 1. The van der Waals surface area contributed by atoms with E-state index in [4.69, 9.17) is 15.2 Å². The lowest BCUT2D eigenvalue weighted by atomic mass is 9.64. The number of rotatable bonds is 5. The van der Waals surface area contributed by atoms with Gasteiger partial charge in [-0.25, -0.2) is 0 Å². The number of hydrogen-bond donors (Lipinski definition) is 1. The molecule has 1 aromatic carbocycles. The predicted molar refractivity (Wildman–Crippen MR) is 74.6 cm³/mol. The molecule has 1 fully saturated rings. The van der Waals surface area contributed by atoms with Gasteiger partial charge in [-0.1, -0.05) is 12.5 Å². The maximum Gasteiger partial charge on any atom is 0.422 e. The highest BCUT2D eigenvalue weighted by molar-refractivity contribution is 5.85. The standard InChI is InChI=1S/C15H18F3NO3/c1-2-21-13(20)14(6-3-7-14)10-4-5-11(19)12(8-10)22-9-15(16,17)18/h4-5,8H,2-3,6-7,9,19H2,1H3. The third-order valence-electron chi connectivity index (χ3n) is 3.83. The van der Waals surface area contributed by atoms with Gasteiger partial charge in [0, 0.05) is 0 Å². The van der Waals surface area contributed by atoms with Crippen molar-refractivity contribution >= 4 is 11.7 Å². The zero-order valence-corrected chi connectivity index (χ0v) is 12.2. The van der Waals surface area contributed by atoms with Crippen molar-refractivity contribution in [3.05, 3.63) is 23.8 Å². The van der Waals surface area contributed by atoms with Crippen LogP contribution in [-0.2, 0) is 14.9 Å². The summed E-state index contributed by atoms with van der Waals surface area (Å²) in [6.45, 7) is 0.547. The number of carbonyl (C=O) groups is 1. The largest absolute Gasteiger partial charge is 0.482 e. The van der Waals surface area contributed by atoms with E-state index in [0.29, 0.717) is 18.4 Å². The fourth-order valence-corrected chi connectivity index (χ4v) is 2.53. The lowest BCUT2D eigenvalue weighted by molar-refractivity contribution is -0.155. The lowest BCUT2D eigenvalue weighted by Gasteiger charge is -2.39. The van der Waals surface area contributed by atoms with Crippen LogP contribution in [0.1, 0.15) is 31.7 Å². The molecule has 1 saturated carbocycles. The lowest BCUT2D eigenvalue weighted by Crippen LogP contribution is -2.43. The van der Waals surface area contributed by atoms with Crippen LogP contribution in [0.2, 0.25) is 0 Å². The Morgan fingerprint density at radius 3 is 2.55 bits per heavy atom. The summed E-state index contributed by atoms with van der Waals surface area (Å²) in [6.07, 6.45) is -2.37. The first-order valence-corrected chi connectivity index (χ1v) is 7.05. The molecule has 0 radical (unpaired) electrons. The molecule has 4 nitrogen and oxygen atoms in total. The highest BCUT2D eigenvalue weighted by Crippen LogP contribution is 2.46. The Hall–Kier alpha value is -1.92. The average Bonchev–Trinajstić information content (AvgIpc) is 2.37. The molecule has 0 saturated heterocycles. The van der Waals surface area contributed by atoms with Crippen LogP contribution in [0.15, 0.2) is 18.2 Å². The molecule has 1 aliphatic carbocycles. The smallest absolute Gasteiger partial charge is 0.422 e. The minimum absolute atomic E-state index is 0.0644. The molecule has 2 N–H and O–H groups in total. The molecule has 0 atom stereocenters. The van der Waals surface area contributed by atoms with Crippen molar-refractivity contribution in [2.45, 2.75) is 37.8 Å². The maximum atomic E-state index is 12.3. The van der Waals surface area contributed by atoms with Crippen molar-refractivity contribution < 1.29 is 27.4 Å².